The summed E-state index contributed by atoms with van der Waals surface area (Å²) in [6, 6.07) is -0.830. The van der Waals surface area contributed by atoms with Gasteiger partial charge in [-0.3, -0.25) is 19.2 Å². The largest absolute Gasteiger partial charge is 0.480 e. The summed E-state index contributed by atoms with van der Waals surface area (Å²) in [7, 11) is -5.20. The minimum atomic E-state index is -2.71. The Balaban J connectivity index is 3.67. The molecule has 0 aliphatic carbocycles. The summed E-state index contributed by atoms with van der Waals surface area (Å²) in [5.74, 6) is -1.05. The molecule has 0 saturated carbocycles. The van der Waals surface area contributed by atoms with Crippen molar-refractivity contribution in [1.29, 1.82) is 0 Å². The lowest BCUT2D eigenvalue weighted by atomic mass is 10.1. The number of unbranched alkanes of at least 4 members (excludes halogenated alkanes) is 1. The highest BCUT2D eigenvalue weighted by molar-refractivity contribution is 7.38. The van der Waals surface area contributed by atoms with Crippen molar-refractivity contribution in [3.05, 3.63) is 0 Å². The second kappa shape index (κ2) is 10.7. The molecule has 0 bridgehead atoms. The van der Waals surface area contributed by atoms with Crippen molar-refractivity contribution in [2.24, 2.45) is 0 Å². The van der Waals surface area contributed by atoms with E-state index in [2.05, 4.69) is 10.6 Å². The quantitative estimate of drug-likeness (QED) is 0.258. The van der Waals surface area contributed by atoms with Crippen LogP contribution >= 0.6 is 16.1 Å². The molecule has 5 N–H and O–H groups in total. The number of carboxylic acids is 1. The van der Waals surface area contributed by atoms with Crippen LogP contribution < -0.4 is 10.6 Å². The lowest BCUT2D eigenvalue weighted by Gasteiger charge is -2.13. The molecule has 0 saturated heterocycles. The van der Waals surface area contributed by atoms with Crippen LogP contribution in [0.2, 0.25) is 0 Å². The molecule has 0 aromatic carbocycles. The Morgan fingerprint density at radius 2 is 1.72 bits per heavy atom. The van der Waals surface area contributed by atoms with Crippen LogP contribution in [-0.4, -0.2) is 46.0 Å². The Bertz CT molecular complexity index is 301. The summed E-state index contributed by atoms with van der Waals surface area (Å²) in [5, 5.41) is 14.1. The zero-order valence-corrected chi connectivity index (χ0v) is 11.9. The molecule has 0 aliphatic heterocycles. The van der Waals surface area contributed by atoms with E-state index < -0.39 is 28.1 Å². The van der Waals surface area contributed by atoms with Crippen molar-refractivity contribution < 1.29 is 28.8 Å². The summed E-state index contributed by atoms with van der Waals surface area (Å²) in [6.07, 6.45) is 1.50. The zero-order chi connectivity index (χ0) is 14.0. The number of hydrogen-bond donors (Lipinski definition) is 5. The number of aliphatic carboxylic acids is 1. The van der Waals surface area contributed by atoms with Crippen LogP contribution in [0.4, 0.5) is 0 Å². The molecule has 10 heteroatoms. The van der Waals surface area contributed by atoms with Crippen LogP contribution in [0, 0.1) is 0 Å². The molecule has 0 fully saturated rings. The van der Waals surface area contributed by atoms with Gasteiger partial charge in [0.2, 0.25) is 16.1 Å². The highest BCUT2D eigenvalue weighted by Crippen LogP contribution is 2.11. The van der Waals surface area contributed by atoms with E-state index in [1.165, 1.54) is 0 Å². The fraction of sp³-hybridized carbons (Fsp3) is 0.875. The number of rotatable bonds is 11. The first-order valence-corrected chi connectivity index (χ1v) is 8.66. The van der Waals surface area contributed by atoms with Crippen LogP contribution in [0.15, 0.2) is 0 Å². The standard InChI is InChI=1S/C8H20N2O6P2/c11-8(12)7(10-6-18(15)16)3-1-2-4-9-5-17(13)14/h7,9-10,17-18H,1-6H2,(H,11,12)(H,13,14)(H,15,16). The van der Waals surface area contributed by atoms with Crippen molar-refractivity contribution >= 4 is 22.0 Å². The lowest BCUT2D eigenvalue weighted by molar-refractivity contribution is -0.139. The molecule has 0 rings (SSSR count). The maximum absolute atomic E-state index is 10.8. The monoisotopic (exact) mass is 302 g/mol. The fourth-order valence-corrected chi connectivity index (χ4v) is 2.13. The minimum Gasteiger partial charge on any atom is -0.480 e. The van der Waals surface area contributed by atoms with Gasteiger partial charge in [0.25, 0.3) is 0 Å². The van der Waals surface area contributed by atoms with Crippen molar-refractivity contribution in [3.63, 3.8) is 0 Å². The molecule has 0 aromatic rings. The third-order valence-corrected chi connectivity index (χ3v) is 3.23. The number of nitrogens with one attached hydrogen (secondary N) is 2. The molecule has 0 radical (unpaired) electrons. The Morgan fingerprint density at radius 1 is 1.11 bits per heavy atom. The van der Waals surface area contributed by atoms with Crippen LogP contribution in [0.3, 0.4) is 0 Å². The molecule has 108 valence electrons. The van der Waals surface area contributed by atoms with Gasteiger partial charge in [-0.1, -0.05) is 6.42 Å². The van der Waals surface area contributed by atoms with E-state index >= 15 is 0 Å². The molecule has 0 spiro atoms. The molecule has 3 unspecified atom stereocenters. The van der Waals surface area contributed by atoms with Crippen LogP contribution in [0.25, 0.3) is 0 Å². The van der Waals surface area contributed by atoms with E-state index in [1.54, 1.807) is 0 Å². The molecule has 0 heterocycles. The van der Waals surface area contributed by atoms with Gasteiger partial charge in [-0.25, -0.2) is 0 Å². The predicted molar refractivity (Wildman–Crippen MR) is 68.6 cm³/mol. The maximum Gasteiger partial charge on any atom is 0.320 e. The Hall–Kier alpha value is -0.230. The van der Waals surface area contributed by atoms with E-state index in [4.69, 9.17) is 14.9 Å². The second-order valence-electron chi connectivity index (χ2n) is 3.73. The number of hydrogen-bond acceptors (Lipinski definition) is 5. The van der Waals surface area contributed by atoms with Gasteiger partial charge in [0, 0.05) is 0 Å². The maximum atomic E-state index is 10.8. The summed E-state index contributed by atoms with van der Waals surface area (Å²) in [5.41, 5.74) is 0. The molecule has 0 aliphatic rings. The smallest absolute Gasteiger partial charge is 0.320 e. The first-order valence-electron chi connectivity index (χ1n) is 5.54. The first-order chi connectivity index (χ1) is 8.43. The second-order valence-corrected chi connectivity index (χ2v) is 6.01. The summed E-state index contributed by atoms with van der Waals surface area (Å²) in [4.78, 5) is 27.9. The Morgan fingerprint density at radius 3 is 2.22 bits per heavy atom. The van der Waals surface area contributed by atoms with Crippen LogP contribution in [0.1, 0.15) is 19.3 Å². The third-order valence-electron chi connectivity index (χ3n) is 2.17. The van der Waals surface area contributed by atoms with Gasteiger partial charge in [-0.2, -0.15) is 0 Å². The molecule has 8 nitrogen and oxygen atoms in total. The number of carboxylic acid groups (broad SMARTS) is 1. The SMILES string of the molecule is O=C(O)C(CCCCNC[PH](=O)O)NC[PH](=O)O. The molecule has 0 amide bonds. The predicted octanol–water partition coefficient (Wildman–Crippen LogP) is -0.362. The van der Waals surface area contributed by atoms with Gasteiger partial charge in [0.15, 0.2) is 0 Å². The Labute approximate surface area is 107 Å². The fourth-order valence-electron chi connectivity index (χ4n) is 1.32. The van der Waals surface area contributed by atoms with Crippen LogP contribution in [-0.2, 0) is 13.9 Å². The van der Waals surface area contributed by atoms with E-state index in [-0.39, 0.29) is 12.6 Å². The van der Waals surface area contributed by atoms with E-state index in [0.29, 0.717) is 25.8 Å². The average molecular weight is 302 g/mol. The van der Waals surface area contributed by atoms with Gasteiger partial charge < -0.3 is 20.2 Å². The van der Waals surface area contributed by atoms with Gasteiger partial charge in [-0.15, -0.1) is 0 Å². The summed E-state index contributed by atoms with van der Waals surface area (Å²) < 4.78 is 20.8. The van der Waals surface area contributed by atoms with Gasteiger partial charge >= 0.3 is 5.97 Å². The molecular formula is C8H20N2O6P2. The van der Waals surface area contributed by atoms with Crippen LogP contribution in [0.5, 0.6) is 0 Å². The highest BCUT2D eigenvalue weighted by Gasteiger charge is 2.16. The van der Waals surface area contributed by atoms with Crippen molar-refractivity contribution in [2.45, 2.75) is 25.3 Å². The third kappa shape index (κ3) is 10.9. The van der Waals surface area contributed by atoms with Gasteiger partial charge in [0.1, 0.15) is 6.04 Å². The lowest BCUT2D eigenvalue weighted by Crippen LogP contribution is -2.36. The van der Waals surface area contributed by atoms with Crippen molar-refractivity contribution in [1.82, 2.24) is 10.6 Å². The van der Waals surface area contributed by atoms with E-state index in [0.717, 1.165) is 0 Å². The average Bonchev–Trinajstić information content (AvgIpc) is 2.25. The van der Waals surface area contributed by atoms with E-state index in [1.807, 2.05) is 0 Å². The van der Waals surface area contributed by atoms with Gasteiger partial charge in [0.05, 0.1) is 12.6 Å². The number of carbonyl (C=O) groups is 1. The minimum absolute atomic E-state index is 0.0672. The Kier molecular flexibility index (Phi) is 10.5. The molecule has 0 aromatic heterocycles. The van der Waals surface area contributed by atoms with Crippen molar-refractivity contribution in [2.75, 3.05) is 19.1 Å². The molecule has 3 atom stereocenters. The normalized spacial score (nSPS) is 16.1. The first kappa shape index (κ1) is 17.8. The highest BCUT2D eigenvalue weighted by atomic mass is 31.1. The summed E-state index contributed by atoms with van der Waals surface area (Å²) in [6.45, 7) is 0.542. The van der Waals surface area contributed by atoms with E-state index in [9.17, 15) is 13.9 Å². The molecule has 18 heavy (non-hydrogen) atoms. The summed E-state index contributed by atoms with van der Waals surface area (Å²) >= 11 is 0. The topological polar surface area (TPSA) is 136 Å². The zero-order valence-electron chi connectivity index (χ0n) is 9.89. The van der Waals surface area contributed by atoms with Crippen molar-refractivity contribution in [3.8, 4) is 0 Å². The molecular weight excluding hydrogens is 282 g/mol. The van der Waals surface area contributed by atoms with Gasteiger partial charge in [-0.05, 0) is 19.4 Å².